The van der Waals surface area contributed by atoms with E-state index in [-0.39, 0.29) is 18.2 Å². The average Bonchev–Trinajstić information content (AvgIpc) is 2.82. The van der Waals surface area contributed by atoms with Crippen molar-refractivity contribution < 1.29 is 23.9 Å². The minimum atomic E-state index is -0.726. The molecule has 0 unspecified atom stereocenters. The number of halogens is 3. The molecule has 7 nitrogen and oxygen atoms in total. The first-order chi connectivity index (χ1) is 16.8. The molecule has 1 N–H and O–H groups in total. The third kappa shape index (κ3) is 5.66. The van der Waals surface area contributed by atoms with Crippen molar-refractivity contribution in [3.63, 3.8) is 0 Å². The normalized spacial score (nSPS) is 18.1. The Balaban J connectivity index is 1.60. The standard InChI is InChI=1S/C25H23BrCl2N2O5/c1-34-21-10-15(19(26)12-22(21)35-13-14-7-8-16(27)11-20(14)28)9-18-23(31)29-25(33)30(24(18)32)17-5-3-2-4-6-17/h7-12,17H,2-6,13H2,1H3,(H,29,31,33). The molecule has 4 amide bonds. The van der Waals surface area contributed by atoms with Crippen molar-refractivity contribution >= 4 is 63.1 Å². The predicted octanol–water partition coefficient (Wildman–Crippen LogP) is 6.14. The highest BCUT2D eigenvalue weighted by Crippen LogP contribution is 2.36. The van der Waals surface area contributed by atoms with Crippen LogP contribution in [0, 0.1) is 0 Å². The van der Waals surface area contributed by atoms with Crippen LogP contribution in [-0.2, 0) is 16.2 Å². The molecule has 2 aromatic carbocycles. The molecule has 1 aliphatic heterocycles. The second-order valence-electron chi connectivity index (χ2n) is 8.33. The minimum Gasteiger partial charge on any atom is -0.493 e. The number of barbiturate groups is 1. The van der Waals surface area contributed by atoms with Gasteiger partial charge < -0.3 is 9.47 Å². The second kappa shape index (κ2) is 11.0. The van der Waals surface area contributed by atoms with Crippen molar-refractivity contribution in [2.75, 3.05) is 7.11 Å². The van der Waals surface area contributed by atoms with E-state index in [9.17, 15) is 14.4 Å². The molecule has 2 fully saturated rings. The van der Waals surface area contributed by atoms with Gasteiger partial charge in [-0.15, -0.1) is 0 Å². The second-order valence-corrected chi connectivity index (χ2v) is 10.0. The molecule has 1 saturated heterocycles. The number of imide groups is 2. The molecule has 10 heteroatoms. The molecule has 0 atom stereocenters. The Morgan fingerprint density at radius 1 is 1.09 bits per heavy atom. The molecule has 0 radical (unpaired) electrons. The van der Waals surface area contributed by atoms with Crippen LogP contribution in [0.4, 0.5) is 4.79 Å². The van der Waals surface area contributed by atoms with E-state index in [0.717, 1.165) is 37.7 Å². The molecule has 1 aliphatic carbocycles. The Morgan fingerprint density at radius 2 is 1.83 bits per heavy atom. The van der Waals surface area contributed by atoms with Crippen LogP contribution in [0.3, 0.4) is 0 Å². The Hall–Kier alpha value is -2.55. The summed E-state index contributed by atoms with van der Waals surface area (Å²) in [6.45, 7) is 0.179. The lowest BCUT2D eigenvalue weighted by Gasteiger charge is -2.35. The van der Waals surface area contributed by atoms with Crippen LogP contribution >= 0.6 is 39.1 Å². The third-order valence-corrected chi connectivity index (χ3v) is 7.33. The van der Waals surface area contributed by atoms with Gasteiger partial charge >= 0.3 is 6.03 Å². The van der Waals surface area contributed by atoms with Crippen molar-refractivity contribution in [3.05, 3.63) is 61.5 Å². The summed E-state index contributed by atoms with van der Waals surface area (Å²) in [6, 6.07) is 7.60. The summed E-state index contributed by atoms with van der Waals surface area (Å²) >= 11 is 15.7. The Labute approximate surface area is 221 Å². The largest absolute Gasteiger partial charge is 0.493 e. The number of hydrogen-bond acceptors (Lipinski definition) is 5. The first-order valence-corrected chi connectivity index (χ1v) is 12.7. The van der Waals surface area contributed by atoms with Gasteiger partial charge in [0.1, 0.15) is 12.2 Å². The van der Waals surface area contributed by atoms with E-state index in [0.29, 0.717) is 31.6 Å². The van der Waals surface area contributed by atoms with Crippen LogP contribution in [0.5, 0.6) is 11.5 Å². The zero-order valence-corrected chi connectivity index (χ0v) is 22.0. The van der Waals surface area contributed by atoms with E-state index >= 15 is 0 Å². The summed E-state index contributed by atoms with van der Waals surface area (Å²) in [4.78, 5) is 39.4. The quantitative estimate of drug-likeness (QED) is 0.327. The average molecular weight is 582 g/mol. The van der Waals surface area contributed by atoms with E-state index in [1.807, 2.05) is 0 Å². The fourth-order valence-corrected chi connectivity index (χ4v) is 5.13. The summed E-state index contributed by atoms with van der Waals surface area (Å²) in [5, 5.41) is 3.31. The van der Waals surface area contributed by atoms with Crippen LogP contribution in [-0.4, -0.2) is 35.9 Å². The van der Waals surface area contributed by atoms with Gasteiger partial charge in [0.2, 0.25) is 0 Å². The zero-order chi connectivity index (χ0) is 25.1. The molecule has 0 spiro atoms. The summed E-state index contributed by atoms with van der Waals surface area (Å²) in [6.07, 6.45) is 5.89. The van der Waals surface area contributed by atoms with Gasteiger partial charge in [0.05, 0.1) is 7.11 Å². The SMILES string of the molecule is COc1cc(C=C2C(=O)NC(=O)N(C3CCCCC3)C2=O)c(Br)cc1OCc1ccc(Cl)cc1Cl. The highest BCUT2D eigenvalue weighted by molar-refractivity contribution is 9.10. The van der Waals surface area contributed by atoms with E-state index in [1.165, 1.54) is 18.1 Å². The number of amides is 4. The monoisotopic (exact) mass is 580 g/mol. The smallest absolute Gasteiger partial charge is 0.331 e. The number of methoxy groups -OCH3 is 1. The number of ether oxygens (including phenoxy) is 2. The van der Waals surface area contributed by atoms with Gasteiger partial charge in [0, 0.05) is 26.1 Å². The minimum absolute atomic E-state index is 0.112. The number of nitrogens with zero attached hydrogens (tertiary/aromatic N) is 1. The number of hydrogen-bond donors (Lipinski definition) is 1. The van der Waals surface area contributed by atoms with Gasteiger partial charge in [-0.2, -0.15) is 0 Å². The predicted molar refractivity (Wildman–Crippen MR) is 137 cm³/mol. The van der Waals surface area contributed by atoms with Crippen LogP contribution in [0.25, 0.3) is 6.08 Å². The Morgan fingerprint density at radius 3 is 2.51 bits per heavy atom. The topological polar surface area (TPSA) is 84.9 Å². The van der Waals surface area contributed by atoms with Crippen LogP contribution in [0.1, 0.15) is 43.2 Å². The lowest BCUT2D eigenvalue weighted by molar-refractivity contribution is -0.132. The first kappa shape index (κ1) is 25.5. The molecule has 1 saturated carbocycles. The molecule has 184 valence electrons. The lowest BCUT2D eigenvalue weighted by Crippen LogP contribution is -2.58. The number of nitrogens with one attached hydrogen (secondary N) is 1. The Kier molecular flexibility index (Phi) is 8.04. The van der Waals surface area contributed by atoms with Crippen molar-refractivity contribution in [3.8, 4) is 11.5 Å². The first-order valence-electron chi connectivity index (χ1n) is 11.1. The highest BCUT2D eigenvalue weighted by atomic mass is 79.9. The van der Waals surface area contributed by atoms with Crippen molar-refractivity contribution in [2.45, 2.75) is 44.8 Å². The van der Waals surface area contributed by atoms with E-state index in [2.05, 4.69) is 21.2 Å². The van der Waals surface area contributed by atoms with Crippen LogP contribution in [0.15, 0.2) is 40.4 Å². The number of benzene rings is 2. The summed E-state index contributed by atoms with van der Waals surface area (Å²) in [7, 11) is 1.49. The van der Waals surface area contributed by atoms with Crippen molar-refractivity contribution in [1.82, 2.24) is 10.2 Å². The number of urea groups is 1. The number of rotatable bonds is 6. The van der Waals surface area contributed by atoms with Gasteiger partial charge in [0.15, 0.2) is 11.5 Å². The van der Waals surface area contributed by atoms with Crippen molar-refractivity contribution in [1.29, 1.82) is 0 Å². The van der Waals surface area contributed by atoms with Gasteiger partial charge in [-0.25, -0.2) is 4.79 Å². The summed E-state index contributed by atoms with van der Waals surface area (Å²) in [5.74, 6) is -0.482. The number of carbonyl (C=O) groups excluding carboxylic acids is 3. The summed E-state index contributed by atoms with van der Waals surface area (Å²) < 4.78 is 12.0. The lowest BCUT2D eigenvalue weighted by atomic mass is 9.93. The molecule has 35 heavy (non-hydrogen) atoms. The molecule has 4 rings (SSSR count). The molecule has 1 heterocycles. The van der Waals surface area contributed by atoms with E-state index in [4.69, 9.17) is 32.7 Å². The molecular weight excluding hydrogens is 559 g/mol. The Bertz CT molecular complexity index is 1210. The molecule has 0 bridgehead atoms. The van der Waals surface area contributed by atoms with Gasteiger partial charge in [-0.05, 0) is 48.7 Å². The maximum Gasteiger partial charge on any atom is 0.331 e. The van der Waals surface area contributed by atoms with Crippen LogP contribution in [0.2, 0.25) is 10.0 Å². The molecule has 2 aromatic rings. The van der Waals surface area contributed by atoms with Gasteiger partial charge in [-0.1, -0.05) is 64.5 Å². The summed E-state index contributed by atoms with van der Waals surface area (Å²) in [5.41, 5.74) is 1.16. The van der Waals surface area contributed by atoms with Crippen molar-refractivity contribution in [2.24, 2.45) is 0 Å². The van der Waals surface area contributed by atoms with E-state index < -0.39 is 17.8 Å². The fourth-order valence-electron chi connectivity index (χ4n) is 4.23. The molecular formula is C25H23BrCl2N2O5. The molecule has 0 aromatic heterocycles. The molecule has 2 aliphatic rings. The van der Waals surface area contributed by atoms with E-state index in [1.54, 1.807) is 30.3 Å². The van der Waals surface area contributed by atoms with Gasteiger partial charge in [-0.3, -0.25) is 19.8 Å². The van der Waals surface area contributed by atoms with Gasteiger partial charge in [0.25, 0.3) is 11.8 Å². The highest BCUT2D eigenvalue weighted by Gasteiger charge is 2.40. The third-order valence-electron chi connectivity index (χ3n) is 6.05. The zero-order valence-electron chi connectivity index (χ0n) is 18.9. The van der Waals surface area contributed by atoms with Crippen LogP contribution < -0.4 is 14.8 Å². The fraction of sp³-hybridized carbons (Fsp3) is 0.320. The maximum absolute atomic E-state index is 13.2. The maximum atomic E-state index is 13.2. The number of carbonyl (C=O) groups is 3.